The number of benzene rings is 1. The molecule has 102 valence electrons. The summed E-state index contributed by atoms with van der Waals surface area (Å²) < 4.78 is 5.57. The lowest BCUT2D eigenvalue weighted by molar-refractivity contribution is 0.0924. The first-order valence-electron chi connectivity index (χ1n) is 6.39. The summed E-state index contributed by atoms with van der Waals surface area (Å²) in [6, 6.07) is 11.0. The van der Waals surface area contributed by atoms with Gasteiger partial charge in [0, 0.05) is 18.2 Å². The average Bonchev–Trinajstić information content (AvgIpc) is 2.48. The van der Waals surface area contributed by atoms with Gasteiger partial charge in [-0.2, -0.15) is 0 Å². The molecule has 0 spiro atoms. The largest absolute Gasteiger partial charge is 0.493 e. The molecule has 0 aliphatic carbocycles. The number of nitrogens with one attached hydrogen (secondary N) is 1. The van der Waals surface area contributed by atoms with Gasteiger partial charge in [0.25, 0.3) is 5.91 Å². The third kappa shape index (κ3) is 2.47. The summed E-state index contributed by atoms with van der Waals surface area (Å²) in [6.07, 6.45) is 2.30. The van der Waals surface area contributed by atoms with Gasteiger partial charge in [-0.15, -0.1) is 0 Å². The van der Waals surface area contributed by atoms with Crippen molar-refractivity contribution in [1.82, 2.24) is 10.3 Å². The van der Waals surface area contributed by atoms with E-state index in [0.29, 0.717) is 12.2 Å². The van der Waals surface area contributed by atoms with Crippen molar-refractivity contribution in [2.75, 3.05) is 6.61 Å². The Morgan fingerprint density at radius 2 is 2.15 bits per heavy atom. The van der Waals surface area contributed by atoms with Crippen LogP contribution >= 0.6 is 11.6 Å². The van der Waals surface area contributed by atoms with Crippen LogP contribution in [0.3, 0.4) is 0 Å². The molecule has 4 nitrogen and oxygen atoms in total. The van der Waals surface area contributed by atoms with Crippen LogP contribution in [0.2, 0.25) is 5.15 Å². The molecular weight excluding hydrogens is 276 g/mol. The molecule has 1 aromatic heterocycles. The fraction of sp³-hybridized carbons (Fsp3) is 0.200. The maximum atomic E-state index is 12.3. The Hall–Kier alpha value is -2.07. The van der Waals surface area contributed by atoms with Crippen LogP contribution in [0.1, 0.15) is 28.4 Å². The van der Waals surface area contributed by atoms with Gasteiger partial charge < -0.3 is 10.1 Å². The van der Waals surface area contributed by atoms with Crippen molar-refractivity contribution in [2.24, 2.45) is 0 Å². The summed E-state index contributed by atoms with van der Waals surface area (Å²) in [4.78, 5) is 16.2. The van der Waals surface area contributed by atoms with Crippen molar-refractivity contribution in [1.29, 1.82) is 0 Å². The number of aromatic nitrogens is 1. The number of carbonyl (C=O) groups excluding carboxylic acids is 1. The highest BCUT2D eigenvalue weighted by atomic mass is 35.5. The molecule has 3 rings (SSSR count). The Kier molecular flexibility index (Phi) is 3.56. The minimum Gasteiger partial charge on any atom is -0.493 e. The lowest BCUT2D eigenvalue weighted by Gasteiger charge is -2.26. The number of rotatable bonds is 2. The summed E-state index contributed by atoms with van der Waals surface area (Å²) in [5.41, 5.74) is 1.38. The molecule has 0 saturated heterocycles. The minimum atomic E-state index is -0.218. The fourth-order valence-corrected chi connectivity index (χ4v) is 2.49. The van der Waals surface area contributed by atoms with Crippen molar-refractivity contribution in [3.05, 3.63) is 58.9 Å². The maximum absolute atomic E-state index is 12.3. The number of ether oxygens (including phenoxy) is 1. The zero-order chi connectivity index (χ0) is 13.9. The van der Waals surface area contributed by atoms with Gasteiger partial charge in [0.15, 0.2) is 0 Å². The average molecular weight is 289 g/mol. The number of amides is 1. The van der Waals surface area contributed by atoms with Gasteiger partial charge >= 0.3 is 0 Å². The predicted molar refractivity (Wildman–Crippen MR) is 76.0 cm³/mol. The highest BCUT2D eigenvalue weighted by Crippen LogP contribution is 2.31. The van der Waals surface area contributed by atoms with Crippen LogP contribution in [0.25, 0.3) is 0 Å². The molecule has 20 heavy (non-hydrogen) atoms. The Bertz CT molecular complexity index is 645. The first-order valence-corrected chi connectivity index (χ1v) is 6.76. The summed E-state index contributed by atoms with van der Waals surface area (Å²) in [7, 11) is 0. The van der Waals surface area contributed by atoms with Crippen molar-refractivity contribution >= 4 is 17.5 Å². The molecule has 1 amide bonds. The van der Waals surface area contributed by atoms with E-state index in [0.717, 1.165) is 17.7 Å². The lowest BCUT2D eigenvalue weighted by Crippen LogP contribution is -2.32. The third-order valence-electron chi connectivity index (χ3n) is 3.27. The van der Waals surface area contributed by atoms with Gasteiger partial charge in [0.05, 0.1) is 18.2 Å². The second-order valence-electron chi connectivity index (χ2n) is 4.54. The second-order valence-corrected chi connectivity index (χ2v) is 4.90. The lowest BCUT2D eigenvalue weighted by atomic mass is 10.0. The molecule has 1 atom stereocenters. The van der Waals surface area contributed by atoms with Crippen LogP contribution in [0, 0.1) is 0 Å². The number of nitrogens with zero attached hydrogens (tertiary/aromatic N) is 1. The van der Waals surface area contributed by atoms with Crippen LogP contribution in [0.4, 0.5) is 0 Å². The predicted octanol–water partition coefficient (Wildman–Crippen LogP) is 2.99. The number of pyridine rings is 1. The van der Waals surface area contributed by atoms with Gasteiger partial charge in [0.1, 0.15) is 10.9 Å². The van der Waals surface area contributed by atoms with Gasteiger partial charge in [0.2, 0.25) is 0 Å². The molecule has 0 fully saturated rings. The fourth-order valence-electron chi connectivity index (χ4n) is 2.28. The molecule has 1 aliphatic rings. The molecule has 1 aliphatic heterocycles. The van der Waals surface area contributed by atoms with Crippen LogP contribution in [-0.4, -0.2) is 17.5 Å². The number of hydrogen-bond acceptors (Lipinski definition) is 3. The number of hydrogen-bond donors (Lipinski definition) is 1. The van der Waals surface area contributed by atoms with E-state index in [1.54, 1.807) is 18.3 Å². The van der Waals surface area contributed by atoms with Gasteiger partial charge in [-0.3, -0.25) is 4.79 Å². The first kappa shape index (κ1) is 12.9. The van der Waals surface area contributed by atoms with E-state index >= 15 is 0 Å². The van der Waals surface area contributed by atoms with Gasteiger partial charge in [-0.25, -0.2) is 4.98 Å². The highest BCUT2D eigenvalue weighted by Gasteiger charge is 2.23. The minimum absolute atomic E-state index is 0.0660. The van der Waals surface area contributed by atoms with E-state index in [9.17, 15) is 4.79 Å². The number of para-hydroxylation sites is 1. The number of carbonyl (C=O) groups is 1. The van der Waals surface area contributed by atoms with E-state index in [4.69, 9.17) is 16.3 Å². The van der Waals surface area contributed by atoms with Crippen molar-refractivity contribution in [3.8, 4) is 5.75 Å². The van der Waals surface area contributed by atoms with Crippen LogP contribution in [0.15, 0.2) is 42.6 Å². The number of fused-ring (bicyclic) bond motifs is 1. The van der Waals surface area contributed by atoms with Crippen LogP contribution < -0.4 is 10.1 Å². The zero-order valence-corrected chi connectivity index (χ0v) is 11.4. The Labute approximate surface area is 121 Å². The molecule has 2 heterocycles. The van der Waals surface area contributed by atoms with E-state index < -0.39 is 0 Å². The smallest absolute Gasteiger partial charge is 0.254 e. The SMILES string of the molecule is O=C(N[C@@H]1CCOc2ccccc21)c1cccnc1Cl. The summed E-state index contributed by atoms with van der Waals surface area (Å²) in [6.45, 7) is 0.586. The molecule has 0 bridgehead atoms. The Morgan fingerprint density at radius 1 is 1.30 bits per heavy atom. The molecule has 0 unspecified atom stereocenters. The van der Waals surface area contributed by atoms with Gasteiger partial charge in [-0.05, 0) is 18.2 Å². The zero-order valence-electron chi connectivity index (χ0n) is 10.7. The Balaban J connectivity index is 1.83. The van der Waals surface area contributed by atoms with Crippen molar-refractivity contribution < 1.29 is 9.53 Å². The first-order chi connectivity index (χ1) is 9.75. The molecule has 1 N–H and O–H groups in total. The van der Waals surface area contributed by atoms with Crippen LogP contribution in [0.5, 0.6) is 5.75 Å². The monoisotopic (exact) mass is 288 g/mol. The van der Waals surface area contributed by atoms with E-state index in [2.05, 4.69) is 10.3 Å². The second kappa shape index (κ2) is 5.51. The molecule has 2 aromatic rings. The summed E-state index contributed by atoms with van der Waals surface area (Å²) in [5, 5.41) is 3.20. The Morgan fingerprint density at radius 3 is 3.00 bits per heavy atom. The highest BCUT2D eigenvalue weighted by molar-refractivity contribution is 6.32. The maximum Gasteiger partial charge on any atom is 0.254 e. The van der Waals surface area contributed by atoms with Gasteiger partial charge in [-0.1, -0.05) is 29.8 Å². The molecule has 0 radical (unpaired) electrons. The topological polar surface area (TPSA) is 51.2 Å². The molecule has 1 aromatic carbocycles. The molecule has 5 heteroatoms. The normalized spacial score (nSPS) is 16.9. The number of halogens is 1. The summed E-state index contributed by atoms with van der Waals surface area (Å²) in [5.74, 6) is 0.603. The van der Waals surface area contributed by atoms with Crippen LogP contribution in [-0.2, 0) is 0 Å². The molecule has 0 saturated carbocycles. The van der Waals surface area contributed by atoms with Crippen molar-refractivity contribution in [2.45, 2.75) is 12.5 Å². The third-order valence-corrected chi connectivity index (χ3v) is 3.57. The van der Waals surface area contributed by atoms with E-state index in [1.165, 1.54) is 0 Å². The van der Waals surface area contributed by atoms with E-state index in [1.807, 2.05) is 24.3 Å². The summed E-state index contributed by atoms with van der Waals surface area (Å²) >= 11 is 5.94. The quantitative estimate of drug-likeness (QED) is 0.864. The van der Waals surface area contributed by atoms with Crippen molar-refractivity contribution in [3.63, 3.8) is 0 Å². The standard InChI is InChI=1S/C15H13ClN2O2/c16-14-11(5-3-8-17-14)15(19)18-12-7-9-20-13-6-2-1-4-10(12)13/h1-6,8,12H,7,9H2,(H,18,19)/t12-/m1/s1. The van der Waals surface area contributed by atoms with E-state index in [-0.39, 0.29) is 17.1 Å². The molecular formula is C15H13ClN2O2.